The molecule has 3 aromatic carbocycles. The van der Waals surface area contributed by atoms with Crippen LogP contribution in [0.3, 0.4) is 0 Å². The van der Waals surface area contributed by atoms with Crippen LogP contribution in [-0.4, -0.2) is 4.98 Å². The van der Waals surface area contributed by atoms with Gasteiger partial charge in [-0.05, 0) is 24.3 Å². The van der Waals surface area contributed by atoms with Gasteiger partial charge in [-0.2, -0.15) is 4.57 Å². The molecule has 4 aromatic rings. The van der Waals surface area contributed by atoms with Crippen LogP contribution in [0.25, 0.3) is 33.5 Å². The van der Waals surface area contributed by atoms with Crippen molar-refractivity contribution in [2.45, 2.75) is 13.0 Å². The van der Waals surface area contributed by atoms with E-state index in [1.165, 1.54) is 18.2 Å². The van der Waals surface area contributed by atoms with Crippen LogP contribution in [0.5, 0.6) is 0 Å². The third-order valence-corrected chi connectivity index (χ3v) is 5.13. The molecule has 0 saturated heterocycles. The minimum Gasteiger partial charge on any atom is -0.234 e. The molecule has 0 amide bonds. The molecule has 0 spiro atoms. The Balaban J connectivity index is 1.96. The molecule has 1 atom stereocenters. The topological polar surface area (TPSA) is 16.8 Å². The highest BCUT2D eigenvalue weighted by molar-refractivity contribution is 5.85. The number of hydrogen-bond donors (Lipinski definition) is 0. The molecule has 138 valence electrons. The van der Waals surface area contributed by atoms with Gasteiger partial charge in [-0.1, -0.05) is 12.1 Å². The summed E-state index contributed by atoms with van der Waals surface area (Å²) in [5.41, 5.74) is 2.89. The van der Waals surface area contributed by atoms with Crippen LogP contribution in [-0.2, 0) is 0 Å². The summed E-state index contributed by atoms with van der Waals surface area (Å²) in [6.45, 7) is 1.80. The molecule has 0 N–H and O–H groups in total. The molecule has 0 saturated carbocycles. The molecule has 0 bridgehead atoms. The molecule has 2 nitrogen and oxygen atoms in total. The molecule has 0 fully saturated rings. The molecule has 2 heterocycles. The Hall–Kier alpha value is -3.28. The molecule has 1 aromatic heterocycles. The van der Waals surface area contributed by atoms with Crippen LogP contribution >= 0.6 is 0 Å². The average Bonchev–Trinajstić information content (AvgIpc) is 2.93. The van der Waals surface area contributed by atoms with Crippen LogP contribution < -0.4 is 4.57 Å². The summed E-state index contributed by atoms with van der Waals surface area (Å²) in [7, 11) is 0. The fourth-order valence-corrected chi connectivity index (χ4v) is 4.06. The first-order valence-electron chi connectivity index (χ1n) is 8.74. The molecule has 6 heteroatoms. The highest BCUT2D eigenvalue weighted by atomic mass is 19.1. The summed E-state index contributed by atoms with van der Waals surface area (Å²) in [6.07, 6.45) is 0. The fraction of sp³-hybridized carbons (Fsp3) is 0.0909. The lowest BCUT2D eigenvalue weighted by Gasteiger charge is -2.09. The van der Waals surface area contributed by atoms with Gasteiger partial charge in [0, 0.05) is 30.7 Å². The lowest BCUT2D eigenvalue weighted by atomic mass is 10.00. The Morgan fingerprint density at radius 1 is 0.857 bits per heavy atom. The van der Waals surface area contributed by atoms with Crippen LogP contribution in [0, 0.1) is 23.3 Å². The Labute approximate surface area is 157 Å². The Kier molecular flexibility index (Phi) is 3.53. The maximum atomic E-state index is 14.6. The van der Waals surface area contributed by atoms with E-state index in [0.29, 0.717) is 22.3 Å². The number of rotatable bonds is 1. The van der Waals surface area contributed by atoms with E-state index >= 15 is 0 Å². The van der Waals surface area contributed by atoms with Crippen molar-refractivity contribution in [1.29, 1.82) is 0 Å². The predicted molar refractivity (Wildman–Crippen MR) is 96.5 cm³/mol. The van der Waals surface area contributed by atoms with Gasteiger partial charge in [0.15, 0.2) is 6.04 Å². The van der Waals surface area contributed by atoms with E-state index in [2.05, 4.69) is 4.98 Å². The lowest BCUT2D eigenvalue weighted by molar-refractivity contribution is -0.669. The highest BCUT2D eigenvalue weighted by Gasteiger charge is 2.41. The molecule has 0 radical (unpaired) electrons. The number of aromatic nitrogens is 2. The van der Waals surface area contributed by atoms with Crippen LogP contribution in [0.2, 0.25) is 0 Å². The fourth-order valence-electron chi connectivity index (χ4n) is 4.06. The average molecular weight is 381 g/mol. The number of hydrogen-bond acceptors (Lipinski definition) is 1. The van der Waals surface area contributed by atoms with E-state index in [1.54, 1.807) is 19.1 Å². The minimum atomic E-state index is -0.750. The third-order valence-electron chi connectivity index (χ3n) is 5.13. The zero-order valence-corrected chi connectivity index (χ0v) is 14.7. The SMILES string of the molecule is CC1c2c(F)cc(F)cc2-c2c(-c3cc(F)cc(F)c3)nc3ccccc3[n+]21. The molecular formula is C22H13F4N2+. The molecular weight excluding hydrogens is 368 g/mol. The maximum absolute atomic E-state index is 14.6. The van der Waals surface area contributed by atoms with Gasteiger partial charge in [0.25, 0.3) is 0 Å². The molecule has 28 heavy (non-hydrogen) atoms. The van der Waals surface area contributed by atoms with Gasteiger partial charge in [-0.3, -0.25) is 0 Å². The summed E-state index contributed by atoms with van der Waals surface area (Å²) < 4.78 is 58.3. The first-order valence-corrected chi connectivity index (χ1v) is 8.74. The number of halogens is 4. The van der Waals surface area contributed by atoms with E-state index in [1.807, 2.05) is 16.7 Å². The second kappa shape index (κ2) is 5.86. The normalized spacial score (nSPS) is 15.0. The molecule has 1 unspecified atom stereocenters. The van der Waals surface area contributed by atoms with E-state index in [-0.39, 0.29) is 11.3 Å². The van der Waals surface area contributed by atoms with Crippen molar-refractivity contribution >= 4 is 11.0 Å². The summed E-state index contributed by atoms with van der Waals surface area (Å²) >= 11 is 0. The van der Waals surface area contributed by atoms with Crippen LogP contribution in [0.4, 0.5) is 17.6 Å². The summed E-state index contributed by atoms with van der Waals surface area (Å²) in [5, 5.41) is 0. The van der Waals surface area contributed by atoms with Crippen LogP contribution in [0.15, 0.2) is 54.6 Å². The van der Waals surface area contributed by atoms with E-state index in [9.17, 15) is 17.6 Å². The van der Waals surface area contributed by atoms with Gasteiger partial charge in [0.1, 0.15) is 34.5 Å². The Morgan fingerprint density at radius 2 is 1.54 bits per heavy atom. The maximum Gasteiger partial charge on any atom is 0.240 e. The zero-order valence-electron chi connectivity index (χ0n) is 14.7. The number of fused-ring (bicyclic) bond motifs is 5. The first-order chi connectivity index (χ1) is 13.4. The Morgan fingerprint density at radius 3 is 2.29 bits per heavy atom. The lowest BCUT2D eigenvalue weighted by Crippen LogP contribution is -2.38. The van der Waals surface area contributed by atoms with Gasteiger partial charge >= 0.3 is 0 Å². The quantitative estimate of drug-likeness (QED) is 0.321. The van der Waals surface area contributed by atoms with Crippen molar-refractivity contribution < 1.29 is 22.1 Å². The Bertz CT molecular complexity index is 1260. The van der Waals surface area contributed by atoms with E-state index < -0.39 is 29.3 Å². The van der Waals surface area contributed by atoms with Gasteiger partial charge in [0.05, 0.1) is 11.1 Å². The van der Waals surface area contributed by atoms with Crippen molar-refractivity contribution in [3.05, 3.63) is 83.4 Å². The van der Waals surface area contributed by atoms with Gasteiger partial charge in [0.2, 0.25) is 11.2 Å². The van der Waals surface area contributed by atoms with Crippen LogP contribution in [0.1, 0.15) is 18.5 Å². The van der Waals surface area contributed by atoms with E-state index in [4.69, 9.17) is 0 Å². The second-order valence-corrected chi connectivity index (χ2v) is 6.85. The summed E-state index contributed by atoms with van der Waals surface area (Å²) in [6, 6.07) is 12.0. The molecule has 1 aliphatic heterocycles. The van der Waals surface area contributed by atoms with Crippen molar-refractivity contribution in [3.8, 4) is 22.5 Å². The summed E-state index contributed by atoms with van der Waals surface area (Å²) in [5.74, 6) is -2.88. The second-order valence-electron chi connectivity index (χ2n) is 6.85. The molecule has 5 rings (SSSR count). The highest BCUT2D eigenvalue weighted by Crippen LogP contribution is 2.41. The van der Waals surface area contributed by atoms with Crippen molar-refractivity contribution in [1.82, 2.24) is 4.98 Å². The third kappa shape index (κ3) is 2.34. The predicted octanol–water partition coefficient (Wildman–Crippen LogP) is 5.34. The molecule has 1 aliphatic rings. The van der Waals surface area contributed by atoms with Gasteiger partial charge < -0.3 is 0 Å². The largest absolute Gasteiger partial charge is 0.240 e. The van der Waals surface area contributed by atoms with E-state index in [0.717, 1.165) is 17.6 Å². The number of nitrogens with zero attached hydrogens (tertiary/aromatic N) is 2. The summed E-state index contributed by atoms with van der Waals surface area (Å²) in [4.78, 5) is 4.59. The van der Waals surface area contributed by atoms with Crippen molar-refractivity contribution in [2.24, 2.45) is 0 Å². The standard InChI is InChI=1S/C22H13F4N2/c1-11-20-16(9-15(25)10-17(20)26)22-21(12-6-13(23)8-14(24)7-12)27-18-4-2-3-5-19(18)28(11)22/h2-11H,1H3/q+1. The van der Waals surface area contributed by atoms with Crippen molar-refractivity contribution in [2.75, 3.05) is 0 Å². The van der Waals surface area contributed by atoms with Gasteiger partial charge in [-0.25, -0.2) is 22.5 Å². The smallest absolute Gasteiger partial charge is 0.234 e. The number of benzene rings is 3. The zero-order chi connectivity index (χ0) is 19.6. The molecule has 0 aliphatic carbocycles. The number of para-hydroxylation sites is 2. The first kappa shape index (κ1) is 16.9. The van der Waals surface area contributed by atoms with Gasteiger partial charge in [-0.15, -0.1) is 0 Å². The minimum absolute atomic E-state index is 0.205. The monoisotopic (exact) mass is 381 g/mol. The van der Waals surface area contributed by atoms with Crippen molar-refractivity contribution in [3.63, 3.8) is 0 Å².